The summed E-state index contributed by atoms with van der Waals surface area (Å²) in [6, 6.07) is 0. The molecule has 0 heterocycles. The monoisotopic (exact) mass is 332 g/mol. The van der Waals surface area contributed by atoms with Crippen LogP contribution in [0.4, 0.5) is 0 Å². The van der Waals surface area contributed by atoms with Crippen LogP contribution in [0.25, 0.3) is 0 Å². The van der Waals surface area contributed by atoms with Crippen LogP contribution in [-0.4, -0.2) is 38.0 Å². The van der Waals surface area contributed by atoms with Gasteiger partial charge in [-0.1, -0.05) is 38.5 Å². The first kappa shape index (κ1) is 23.5. The minimum absolute atomic E-state index is 0. The van der Waals surface area contributed by atoms with Crippen molar-refractivity contribution in [2.45, 2.75) is 71.0 Å². The molecule has 0 aromatic heterocycles. The molecule has 0 spiro atoms. The number of unbranched alkanes of at least 4 members (excludes halogenated alkanes) is 7. The third-order valence-electron chi connectivity index (χ3n) is 2.43. The Bertz CT molecular complexity index is 140. The molecule has 4 heteroatoms. The number of halogens is 1. The van der Waals surface area contributed by atoms with Crippen LogP contribution in [0.15, 0.2) is 0 Å². The molecule has 0 aliphatic rings. The van der Waals surface area contributed by atoms with Crippen molar-refractivity contribution in [1.82, 2.24) is 0 Å². The summed E-state index contributed by atoms with van der Waals surface area (Å²) in [5.74, 6) is 0. The first-order chi connectivity index (χ1) is 7.06. The summed E-state index contributed by atoms with van der Waals surface area (Å²) < 4.78 is 5.81. The fourth-order valence-corrected chi connectivity index (χ4v) is 2.30. The Balaban J connectivity index is -0.000000980. The summed E-state index contributed by atoms with van der Waals surface area (Å²) in [5, 5.41) is 0. The molecule has 0 aromatic carbocycles. The molecule has 0 aromatic rings. The van der Waals surface area contributed by atoms with Crippen molar-refractivity contribution in [3.05, 3.63) is 6.92 Å². The Kier molecular flexibility index (Phi) is 21.4. The molecule has 17 heavy (non-hydrogen) atoms. The molecular formula is C13H29BrMgOSi. The zero-order valence-corrected chi connectivity index (χ0v) is 16.1. The van der Waals surface area contributed by atoms with E-state index in [1.54, 1.807) is 0 Å². The molecule has 100 valence electrons. The smallest absolute Gasteiger partial charge is 1.00 e. The maximum absolute atomic E-state index is 5.81. The van der Waals surface area contributed by atoms with Crippen LogP contribution >= 0.6 is 0 Å². The van der Waals surface area contributed by atoms with Gasteiger partial charge in [0.2, 0.25) is 0 Å². The van der Waals surface area contributed by atoms with E-state index in [1.165, 1.54) is 44.9 Å². The van der Waals surface area contributed by atoms with E-state index >= 15 is 0 Å². The van der Waals surface area contributed by atoms with Crippen LogP contribution in [0.3, 0.4) is 0 Å². The number of hydrogen-bond donors (Lipinski definition) is 0. The molecule has 0 unspecified atom stereocenters. The average Bonchev–Trinajstić information content (AvgIpc) is 2.14. The molecule has 0 amide bonds. The summed E-state index contributed by atoms with van der Waals surface area (Å²) >= 11 is 0. The van der Waals surface area contributed by atoms with Gasteiger partial charge in [-0.15, -0.1) is 0 Å². The van der Waals surface area contributed by atoms with Crippen molar-refractivity contribution >= 4 is 31.4 Å². The molecule has 0 saturated heterocycles. The van der Waals surface area contributed by atoms with Gasteiger partial charge in [0.1, 0.15) is 0 Å². The topological polar surface area (TPSA) is 9.23 Å². The molecule has 0 atom stereocenters. The van der Waals surface area contributed by atoms with Crippen molar-refractivity contribution in [3.8, 4) is 0 Å². The Labute approximate surface area is 137 Å². The summed E-state index contributed by atoms with van der Waals surface area (Å²) in [4.78, 5) is 0. The molecule has 0 aliphatic heterocycles. The second-order valence-electron chi connectivity index (χ2n) is 5.29. The van der Waals surface area contributed by atoms with Crippen molar-refractivity contribution < 1.29 is 21.4 Å². The standard InChI is InChI=1S/C13H29OSi.BrH.Mg/c1-5-6-7-8-9-10-11-12-13-14-15(2,3)4;;/h1,5-13H2,2-4H3;1H;/q-1;;+2/p-1. The predicted molar refractivity (Wildman–Crippen MR) is 77.3 cm³/mol. The van der Waals surface area contributed by atoms with Gasteiger partial charge in [-0.05, 0) is 26.1 Å². The number of rotatable bonds is 10. The molecule has 0 N–H and O–H groups in total. The Morgan fingerprint density at radius 3 is 1.65 bits per heavy atom. The van der Waals surface area contributed by atoms with Gasteiger partial charge >= 0.3 is 23.1 Å². The second kappa shape index (κ2) is 15.5. The summed E-state index contributed by atoms with van der Waals surface area (Å²) in [6.45, 7) is 11.6. The van der Waals surface area contributed by atoms with E-state index in [9.17, 15) is 0 Å². The van der Waals surface area contributed by atoms with Gasteiger partial charge in [0.05, 0.1) is 0 Å². The molecule has 0 rings (SSSR count). The quantitative estimate of drug-likeness (QED) is 0.334. The van der Waals surface area contributed by atoms with Gasteiger partial charge in [-0.3, -0.25) is 0 Å². The maximum atomic E-state index is 5.81. The van der Waals surface area contributed by atoms with Gasteiger partial charge < -0.3 is 28.3 Å². The van der Waals surface area contributed by atoms with E-state index in [-0.39, 0.29) is 40.0 Å². The van der Waals surface area contributed by atoms with Crippen LogP contribution in [0.1, 0.15) is 51.4 Å². The normalized spacial score (nSPS) is 10.6. The third-order valence-corrected chi connectivity index (χ3v) is 3.50. The van der Waals surface area contributed by atoms with Crippen LogP contribution in [0.2, 0.25) is 19.6 Å². The molecule has 0 bridgehead atoms. The Hall–Kier alpha value is 1.42. The minimum Gasteiger partial charge on any atom is -1.00 e. The molecule has 0 aliphatic carbocycles. The van der Waals surface area contributed by atoms with E-state index in [4.69, 9.17) is 4.43 Å². The Morgan fingerprint density at radius 1 is 0.824 bits per heavy atom. The Morgan fingerprint density at radius 2 is 1.24 bits per heavy atom. The molecule has 1 nitrogen and oxygen atoms in total. The molecule has 0 saturated carbocycles. The van der Waals surface area contributed by atoms with Crippen molar-refractivity contribution in [3.63, 3.8) is 0 Å². The minimum atomic E-state index is -1.25. The summed E-state index contributed by atoms with van der Waals surface area (Å²) in [5.41, 5.74) is 0. The van der Waals surface area contributed by atoms with Gasteiger partial charge in [0.25, 0.3) is 0 Å². The van der Waals surface area contributed by atoms with Gasteiger partial charge in [0.15, 0.2) is 8.32 Å². The first-order valence-corrected chi connectivity index (χ1v) is 9.90. The first-order valence-electron chi connectivity index (χ1n) is 6.49. The van der Waals surface area contributed by atoms with Crippen molar-refractivity contribution in [2.75, 3.05) is 6.61 Å². The maximum Gasteiger partial charge on any atom is 2.00 e. The van der Waals surface area contributed by atoms with Gasteiger partial charge in [0, 0.05) is 6.61 Å². The number of hydrogen-bond acceptors (Lipinski definition) is 1. The summed E-state index contributed by atoms with van der Waals surface area (Å²) in [6.07, 6.45) is 10.5. The van der Waals surface area contributed by atoms with E-state index in [1.807, 2.05) is 0 Å². The third kappa shape index (κ3) is 23.0. The zero-order chi connectivity index (χ0) is 11.6. The van der Waals surface area contributed by atoms with Crippen LogP contribution < -0.4 is 17.0 Å². The summed E-state index contributed by atoms with van der Waals surface area (Å²) in [7, 11) is -1.25. The van der Waals surface area contributed by atoms with Crippen molar-refractivity contribution in [1.29, 1.82) is 0 Å². The SMILES string of the molecule is [Br-].[CH2-]CCCCCCCCCO[Si](C)(C)C.[Mg+2]. The van der Waals surface area contributed by atoms with E-state index < -0.39 is 8.32 Å². The molecular weight excluding hydrogens is 304 g/mol. The molecule has 0 fully saturated rings. The molecule has 0 radical (unpaired) electrons. The van der Waals surface area contributed by atoms with Crippen LogP contribution in [0, 0.1) is 6.92 Å². The van der Waals surface area contributed by atoms with Gasteiger partial charge in [-0.25, -0.2) is 0 Å². The fraction of sp³-hybridized carbons (Fsp3) is 0.923. The zero-order valence-electron chi connectivity index (χ0n) is 12.1. The van der Waals surface area contributed by atoms with Crippen LogP contribution in [0.5, 0.6) is 0 Å². The van der Waals surface area contributed by atoms with E-state index in [2.05, 4.69) is 26.6 Å². The average molecular weight is 334 g/mol. The van der Waals surface area contributed by atoms with Crippen LogP contribution in [-0.2, 0) is 4.43 Å². The van der Waals surface area contributed by atoms with Crippen molar-refractivity contribution in [2.24, 2.45) is 0 Å². The van der Waals surface area contributed by atoms with E-state index in [0.717, 1.165) is 13.0 Å². The largest absolute Gasteiger partial charge is 2.00 e. The predicted octanol–water partition coefficient (Wildman–Crippen LogP) is 1.42. The van der Waals surface area contributed by atoms with Gasteiger partial charge in [-0.2, -0.15) is 6.42 Å². The fourth-order valence-electron chi connectivity index (χ4n) is 1.54. The van der Waals surface area contributed by atoms with E-state index in [0.29, 0.717) is 0 Å². The second-order valence-corrected chi connectivity index (χ2v) is 9.80.